The maximum absolute atomic E-state index is 14.3. The minimum Gasteiger partial charge on any atom is -0.508 e. The van der Waals surface area contributed by atoms with Crippen molar-refractivity contribution in [3.63, 3.8) is 0 Å². The van der Waals surface area contributed by atoms with Crippen LogP contribution in [0.3, 0.4) is 0 Å². The quantitative estimate of drug-likeness (QED) is 0.305. The molecule has 2 heterocycles. The molecule has 10 nitrogen and oxygen atoms in total. The van der Waals surface area contributed by atoms with Gasteiger partial charge < -0.3 is 24.2 Å². The van der Waals surface area contributed by atoms with Crippen molar-refractivity contribution in [2.45, 2.75) is 25.7 Å². The molecule has 0 aromatic heterocycles. The number of benzene rings is 2. The van der Waals surface area contributed by atoms with Crippen LogP contribution in [0.1, 0.15) is 31.2 Å². The lowest BCUT2D eigenvalue weighted by molar-refractivity contribution is -0.123. The van der Waals surface area contributed by atoms with Gasteiger partial charge in [0.05, 0.1) is 45.0 Å². The number of anilines is 2. The molecule has 7 rings (SSSR count). The Bertz CT molecular complexity index is 1700. The van der Waals surface area contributed by atoms with E-state index in [0.717, 1.165) is 24.4 Å². The van der Waals surface area contributed by atoms with E-state index < -0.39 is 23.7 Å². The van der Waals surface area contributed by atoms with E-state index >= 15 is 0 Å². The van der Waals surface area contributed by atoms with Gasteiger partial charge in [0.25, 0.3) is 0 Å². The number of ketones is 2. The fraction of sp³-hybridized carbons (Fsp3) is 0.371. The SMILES string of the molecule is COc1cc(O)cc(OC)c1C1C2=CCC3C(=O)N(c4ccc(N5CCOCC5)cc4)C(=O)C3C2CC2=C1C(=O)C(C)=CC2=O. The van der Waals surface area contributed by atoms with E-state index in [0.29, 0.717) is 47.6 Å². The molecule has 232 valence electrons. The van der Waals surface area contributed by atoms with E-state index in [-0.39, 0.29) is 47.1 Å². The molecule has 0 saturated carbocycles. The van der Waals surface area contributed by atoms with Crippen molar-refractivity contribution >= 4 is 34.8 Å². The second kappa shape index (κ2) is 11.0. The molecule has 5 aliphatic rings. The molecule has 10 heteroatoms. The highest BCUT2D eigenvalue weighted by Gasteiger charge is 2.57. The minimum atomic E-state index is -0.768. The average Bonchev–Trinajstić information content (AvgIpc) is 3.32. The van der Waals surface area contributed by atoms with E-state index in [1.807, 2.05) is 18.2 Å². The first kappa shape index (κ1) is 29.0. The highest BCUT2D eigenvalue weighted by Crippen LogP contribution is 2.58. The van der Waals surface area contributed by atoms with Crippen LogP contribution in [0.5, 0.6) is 17.2 Å². The maximum Gasteiger partial charge on any atom is 0.238 e. The largest absolute Gasteiger partial charge is 0.508 e. The summed E-state index contributed by atoms with van der Waals surface area (Å²) in [6.07, 6.45) is 3.77. The number of phenols is 1. The van der Waals surface area contributed by atoms with Crippen LogP contribution in [0.4, 0.5) is 11.4 Å². The van der Waals surface area contributed by atoms with Gasteiger partial charge in [-0.25, -0.2) is 0 Å². The molecule has 0 bridgehead atoms. The molecule has 45 heavy (non-hydrogen) atoms. The number of hydrogen-bond acceptors (Lipinski definition) is 9. The number of phenolic OH excluding ortho intramolecular Hbond substituents is 1. The summed E-state index contributed by atoms with van der Waals surface area (Å²) >= 11 is 0. The molecule has 2 aliphatic heterocycles. The molecule has 0 radical (unpaired) electrons. The number of rotatable bonds is 5. The van der Waals surface area contributed by atoms with Crippen molar-refractivity contribution in [2.75, 3.05) is 50.3 Å². The lowest BCUT2D eigenvalue weighted by atomic mass is 9.59. The zero-order chi connectivity index (χ0) is 31.6. The Kier molecular flexibility index (Phi) is 7.12. The van der Waals surface area contributed by atoms with Gasteiger partial charge in [-0.15, -0.1) is 0 Å². The molecule has 3 aliphatic carbocycles. The predicted octanol–water partition coefficient (Wildman–Crippen LogP) is 3.88. The van der Waals surface area contributed by atoms with Crippen molar-refractivity contribution in [3.8, 4) is 17.2 Å². The Hall–Kier alpha value is -4.70. The highest BCUT2D eigenvalue weighted by atomic mass is 16.5. The van der Waals surface area contributed by atoms with Crippen LogP contribution >= 0.6 is 0 Å². The molecule has 2 aromatic rings. The number of methoxy groups -OCH3 is 2. The molecule has 1 N–H and O–H groups in total. The number of amides is 2. The van der Waals surface area contributed by atoms with Crippen LogP contribution in [0.2, 0.25) is 0 Å². The summed E-state index contributed by atoms with van der Waals surface area (Å²) in [5.74, 6) is -3.21. The third-order valence-corrected chi connectivity index (χ3v) is 9.87. The van der Waals surface area contributed by atoms with Crippen LogP contribution in [0.15, 0.2) is 70.8 Å². The van der Waals surface area contributed by atoms with E-state index in [2.05, 4.69) is 4.90 Å². The number of imide groups is 1. The summed E-state index contributed by atoms with van der Waals surface area (Å²) in [4.78, 5) is 58.9. The van der Waals surface area contributed by atoms with Gasteiger partial charge in [-0.1, -0.05) is 11.6 Å². The van der Waals surface area contributed by atoms with E-state index in [1.54, 1.807) is 19.1 Å². The Morgan fingerprint density at radius 1 is 0.889 bits per heavy atom. The molecule has 2 aromatic carbocycles. The molecule has 4 unspecified atom stereocenters. The highest BCUT2D eigenvalue weighted by molar-refractivity contribution is 6.25. The van der Waals surface area contributed by atoms with E-state index in [4.69, 9.17) is 14.2 Å². The van der Waals surface area contributed by atoms with Gasteiger partial charge in [0.15, 0.2) is 11.6 Å². The minimum absolute atomic E-state index is 0.0827. The number of allylic oxidation sites excluding steroid dienone is 6. The van der Waals surface area contributed by atoms with Crippen LogP contribution in [0, 0.1) is 17.8 Å². The first-order valence-corrected chi connectivity index (χ1v) is 15.2. The second-order valence-corrected chi connectivity index (χ2v) is 12.1. The van der Waals surface area contributed by atoms with Crippen molar-refractivity contribution < 1.29 is 38.5 Å². The Morgan fingerprint density at radius 3 is 2.18 bits per heavy atom. The number of nitrogens with zero attached hydrogens (tertiary/aromatic N) is 2. The van der Waals surface area contributed by atoms with Crippen LogP contribution in [0.25, 0.3) is 0 Å². The molecule has 2 saturated heterocycles. The Morgan fingerprint density at radius 2 is 1.53 bits per heavy atom. The van der Waals surface area contributed by atoms with Gasteiger partial charge in [0.1, 0.15) is 17.2 Å². The second-order valence-electron chi connectivity index (χ2n) is 12.1. The zero-order valence-corrected chi connectivity index (χ0v) is 25.4. The first-order chi connectivity index (χ1) is 21.7. The van der Waals surface area contributed by atoms with Gasteiger partial charge in [-0.2, -0.15) is 0 Å². The molecular weight excluding hydrogens is 576 g/mol. The van der Waals surface area contributed by atoms with Crippen molar-refractivity contribution in [1.29, 1.82) is 0 Å². The van der Waals surface area contributed by atoms with Crippen molar-refractivity contribution in [2.24, 2.45) is 17.8 Å². The fourth-order valence-corrected chi connectivity index (χ4v) is 7.79. The molecule has 4 atom stereocenters. The number of aromatic hydroxyl groups is 1. The number of carbonyl (C=O) groups is 4. The van der Waals surface area contributed by atoms with Crippen LogP contribution in [-0.4, -0.2) is 69.0 Å². The third kappa shape index (κ3) is 4.49. The number of ether oxygens (including phenoxy) is 3. The molecular formula is C35H34N2O8. The summed E-state index contributed by atoms with van der Waals surface area (Å²) in [5.41, 5.74) is 3.76. The van der Waals surface area contributed by atoms with Gasteiger partial charge in [-0.05, 0) is 56.0 Å². The molecule has 0 spiro atoms. The normalized spacial score (nSPS) is 26.3. The van der Waals surface area contributed by atoms with Crippen molar-refractivity contribution in [1.82, 2.24) is 0 Å². The summed E-state index contributed by atoms with van der Waals surface area (Å²) in [6.45, 7) is 4.45. The monoisotopic (exact) mass is 610 g/mol. The number of carbonyl (C=O) groups excluding carboxylic acids is 4. The third-order valence-electron chi connectivity index (χ3n) is 9.87. The Balaban J connectivity index is 1.31. The van der Waals surface area contributed by atoms with Crippen LogP contribution in [-0.2, 0) is 23.9 Å². The lowest BCUT2D eigenvalue weighted by Crippen LogP contribution is -2.40. The van der Waals surface area contributed by atoms with E-state index in [1.165, 1.54) is 37.3 Å². The topological polar surface area (TPSA) is 123 Å². The fourth-order valence-electron chi connectivity index (χ4n) is 7.79. The van der Waals surface area contributed by atoms with Gasteiger partial charge >= 0.3 is 0 Å². The lowest BCUT2D eigenvalue weighted by Gasteiger charge is -2.42. The molecule has 2 fully saturated rings. The number of fused-ring (bicyclic) bond motifs is 3. The van der Waals surface area contributed by atoms with Crippen LogP contribution < -0.4 is 19.3 Å². The first-order valence-electron chi connectivity index (χ1n) is 15.2. The summed E-state index contributed by atoms with van der Waals surface area (Å²) in [7, 11) is 2.91. The zero-order valence-electron chi connectivity index (χ0n) is 25.4. The smallest absolute Gasteiger partial charge is 0.238 e. The Labute approximate surface area is 260 Å². The number of morpholine rings is 1. The number of hydrogen-bond donors (Lipinski definition) is 1. The summed E-state index contributed by atoms with van der Waals surface area (Å²) in [5, 5.41) is 10.4. The summed E-state index contributed by atoms with van der Waals surface area (Å²) < 4.78 is 16.8. The van der Waals surface area contributed by atoms with E-state index in [9.17, 15) is 24.3 Å². The summed E-state index contributed by atoms with van der Waals surface area (Å²) in [6, 6.07) is 10.3. The number of Topliss-reactive ketones (excluding diaryl/α,β-unsaturated/α-hetero) is 1. The van der Waals surface area contributed by atoms with Gasteiger partial charge in [-0.3, -0.25) is 24.1 Å². The predicted molar refractivity (Wildman–Crippen MR) is 165 cm³/mol. The maximum atomic E-state index is 14.3. The van der Waals surface area contributed by atoms with Gasteiger partial charge in [0.2, 0.25) is 11.8 Å². The van der Waals surface area contributed by atoms with Gasteiger partial charge in [0, 0.05) is 59.1 Å². The molecule has 2 amide bonds. The standard InChI is InChI=1S/C35H34N2O8/c1-18-14-26(39)25-17-24-22(30(31(25)33(18)40)32-27(43-2)15-21(38)16-28(32)44-3)8-9-23-29(24)35(42)37(34(23)41)20-6-4-19(5-7-20)36-10-12-45-13-11-36/h4-8,14-16,23-24,29-30,38H,9-13,17H2,1-3H3. The van der Waals surface area contributed by atoms with Crippen molar-refractivity contribution in [3.05, 3.63) is 76.4 Å². The average molecular weight is 611 g/mol.